The molecule has 0 fully saturated rings. The largest absolute Gasteiger partial charge is 0.458 e. The number of furan rings is 1. The molecule has 0 aliphatic rings. The zero-order valence-electron chi connectivity index (χ0n) is 12.7. The van der Waals surface area contributed by atoms with Crippen LogP contribution >= 0.6 is 11.3 Å². The molecule has 1 amide bonds. The van der Waals surface area contributed by atoms with Crippen LogP contribution in [0, 0.1) is 0 Å². The van der Waals surface area contributed by atoms with Crippen LogP contribution in [0.4, 0.5) is 0 Å². The van der Waals surface area contributed by atoms with E-state index in [1.807, 2.05) is 47.2 Å². The molecule has 0 aliphatic carbocycles. The first-order chi connectivity index (χ1) is 11.3. The fourth-order valence-electron chi connectivity index (χ4n) is 2.26. The highest BCUT2D eigenvalue weighted by molar-refractivity contribution is 7.08. The topological polar surface area (TPSA) is 51.5 Å². The van der Waals surface area contributed by atoms with Gasteiger partial charge >= 0.3 is 0 Å². The quantitative estimate of drug-likeness (QED) is 0.696. The van der Waals surface area contributed by atoms with Crippen LogP contribution in [0.1, 0.15) is 17.4 Å². The highest BCUT2D eigenvalue weighted by atomic mass is 32.1. The molecule has 5 heteroatoms. The third-order valence-corrected chi connectivity index (χ3v) is 4.18. The van der Waals surface area contributed by atoms with Crippen LogP contribution in [0.2, 0.25) is 0 Å². The molecule has 2 aromatic heterocycles. The van der Waals surface area contributed by atoms with Crippen molar-refractivity contribution in [1.82, 2.24) is 5.32 Å². The van der Waals surface area contributed by atoms with Crippen molar-refractivity contribution in [1.29, 1.82) is 0 Å². The van der Waals surface area contributed by atoms with Crippen LogP contribution in [0.3, 0.4) is 0 Å². The predicted molar refractivity (Wildman–Crippen MR) is 92.3 cm³/mol. The fraction of sp³-hybridized carbons (Fsp3) is 0.167. The molecular weight excluding hydrogens is 310 g/mol. The third kappa shape index (κ3) is 3.88. The number of hydrogen-bond acceptors (Lipinski definition) is 4. The van der Waals surface area contributed by atoms with Gasteiger partial charge in [0, 0.05) is 18.6 Å². The van der Waals surface area contributed by atoms with Gasteiger partial charge in [0.25, 0.3) is 0 Å². The molecule has 118 valence electrons. The number of ether oxygens (including phenoxy) is 1. The Hall–Kier alpha value is -2.37. The molecule has 1 N–H and O–H groups in total. The maximum Gasteiger partial charge on any atom is 0.244 e. The average Bonchev–Trinajstić information content (AvgIpc) is 3.22. The fourth-order valence-corrected chi connectivity index (χ4v) is 2.88. The number of carbonyl (C=O) groups is 1. The number of thiophene rings is 1. The molecule has 1 aromatic carbocycles. The number of benzene rings is 1. The molecule has 0 bridgehead atoms. The minimum absolute atomic E-state index is 0.158. The van der Waals surface area contributed by atoms with Crippen molar-refractivity contribution in [2.45, 2.75) is 6.10 Å². The summed E-state index contributed by atoms with van der Waals surface area (Å²) in [4.78, 5) is 11.9. The Labute approximate surface area is 138 Å². The summed E-state index contributed by atoms with van der Waals surface area (Å²) in [7, 11) is 1.60. The number of methoxy groups -OCH3 is 1. The number of nitrogens with one attached hydrogen (secondary N) is 1. The van der Waals surface area contributed by atoms with Gasteiger partial charge in [0.15, 0.2) is 0 Å². The van der Waals surface area contributed by atoms with Crippen molar-refractivity contribution in [3.05, 3.63) is 64.6 Å². The normalized spacial score (nSPS) is 12.7. The Balaban J connectivity index is 1.62. The van der Waals surface area contributed by atoms with E-state index in [0.717, 1.165) is 16.5 Å². The number of amides is 1. The molecule has 0 aliphatic heterocycles. The van der Waals surface area contributed by atoms with Gasteiger partial charge in [0.1, 0.15) is 17.4 Å². The van der Waals surface area contributed by atoms with Gasteiger partial charge in [-0.15, -0.1) is 0 Å². The van der Waals surface area contributed by atoms with Crippen molar-refractivity contribution in [2.24, 2.45) is 0 Å². The van der Waals surface area contributed by atoms with E-state index < -0.39 is 0 Å². The molecule has 3 aromatic rings. The second-order valence-electron chi connectivity index (χ2n) is 5.05. The van der Waals surface area contributed by atoms with E-state index in [1.165, 1.54) is 6.08 Å². The Morgan fingerprint density at radius 3 is 3.00 bits per heavy atom. The zero-order chi connectivity index (χ0) is 16.1. The van der Waals surface area contributed by atoms with E-state index in [1.54, 1.807) is 24.5 Å². The standard InChI is InChI=1S/C18H17NO3S/c1-21-17(16-10-14-4-2-3-5-15(14)22-16)11-19-18(20)7-6-13-8-9-23-12-13/h2-10,12,17H,11H2,1H3,(H,19,20)/b7-6+. The first-order valence-electron chi connectivity index (χ1n) is 7.25. The summed E-state index contributed by atoms with van der Waals surface area (Å²) in [5.41, 5.74) is 1.83. The smallest absolute Gasteiger partial charge is 0.244 e. The second kappa shape index (κ2) is 7.26. The number of hydrogen-bond donors (Lipinski definition) is 1. The van der Waals surface area contributed by atoms with Crippen LogP contribution in [-0.2, 0) is 9.53 Å². The van der Waals surface area contributed by atoms with Crippen molar-refractivity contribution < 1.29 is 13.9 Å². The lowest BCUT2D eigenvalue weighted by molar-refractivity contribution is -0.117. The van der Waals surface area contributed by atoms with Crippen LogP contribution < -0.4 is 5.32 Å². The summed E-state index contributed by atoms with van der Waals surface area (Å²) in [6.07, 6.45) is 2.99. The number of para-hydroxylation sites is 1. The number of rotatable bonds is 6. The number of carbonyl (C=O) groups excluding carboxylic acids is 1. The van der Waals surface area contributed by atoms with Crippen molar-refractivity contribution in [2.75, 3.05) is 13.7 Å². The Kier molecular flexibility index (Phi) is 4.90. The maximum atomic E-state index is 11.9. The monoisotopic (exact) mass is 327 g/mol. The molecule has 0 spiro atoms. The van der Waals surface area contributed by atoms with E-state index in [0.29, 0.717) is 12.3 Å². The summed E-state index contributed by atoms with van der Waals surface area (Å²) < 4.78 is 11.2. The van der Waals surface area contributed by atoms with Crippen molar-refractivity contribution in [3.63, 3.8) is 0 Å². The Morgan fingerprint density at radius 2 is 2.26 bits per heavy atom. The Morgan fingerprint density at radius 1 is 1.39 bits per heavy atom. The first kappa shape index (κ1) is 15.5. The van der Waals surface area contributed by atoms with Crippen molar-refractivity contribution in [3.8, 4) is 0 Å². The molecule has 4 nitrogen and oxygen atoms in total. The molecule has 2 heterocycles. The van der Waals surface area contributed by atoms with Gasteiger partial charge in [-0.3, -0.25) is 4.79 Å². The van der Waals surface area contributed by atoms with E-state index in [-0.39, 0.29) is 12.0 Å². The Bertz CT molecular complexity index is 772. The van der Waals surface area contributed by atoms with Crippen LogP contribution in [0.15, 0.2) is 57.7 Å². The molecule has 23 heavy (non-hydrogen) atoms. The lowest BCUT2D eigenvalue weighted by atomic mass is 10.2. The van der Waals surface area contributed by atoms with E-state index in [2.05, 4.69) is 5.32 Å². The van der Waals surface area contributed by atoms with Gasteiger partial charge in [-0.2, -0.15) is 11.3 Å². The zero-order valence-corrected chi connectivity index (χ0v) is 13.5. The van der Waals surface area contributed by atoms with Crippen molar-refractivity contribution >= 4 is 34.3 Å². The summed E-state index contributed by atoms with van der Waals surface area (Å²) in [6.45, 7) is 0.350. The summed E-state index contributed by atoms with van der Waals surface area (Å²) in [6, 6.07) is 11.7. The van der Waals surface area contributed by atoms with Gasteiger partial charge in [-0.1, -0.05) is 18.2 Å². The molecule has 1 unspecified atom stereocenters. The van der Waals surface area contributed by atoms with E-state index in [9.17, 15) is 4.79 Å². The summed E-state index contributed by atoms with van der Waals surface area (Å²) in [5.74, 6) is 0.546. The first-order valence-corrected chi connectivity index (χ1v) is 8.20. The molecule has 1 atom stereocenters. The minimum Gasteiger partial charge on any atom is -0.458 e. The summed E-state index contributed by atoms with van der Waals surface area (Å²) in [5, 5.41) is 7.81. The van der Waals surface area contributed by atoms with E-state index in [4.69, 9.17) is 9.15 Å². The molecular formula is C18H17NO3S. The van der Waals surface area contributed by atoms with Gasteiger partial charge < -0.3 is 14.5 Å². The molecule has 3 rings (SSSR count). The summed E-state index contributed by atoms with van der Waals surface area (Å²) >= 11 is 1.60. The van der Waals surface area contributed by atoms with Gasteiger partial charge in [0.2, 0.25) is 5.91 Å². The lowest BCUT2D eigenvalue weighted by Crippen LogP contribution is -2.27. The second-order valence-corrected chi connectivity index (χ2v) is 5.83. The molecule has 0 radical (unpaired) electrons. The van der Waals surface area contributed by atoms with Crippen LogP contribution in [0.25, 0.3) is 17.0 Å². The van der Waals surface area contributed by atoms with Gasteiger partial charge in [-0.25, -0.2) is 0 Å². The molecule has 0 saturated carbocycles. The minimum atomic E-state index is -0.319. The highest BCUT2D eigenvalue weighted by Gasteiger charge is 2.16. The SMILES string of the molecule is COC(CNC(=O)/C=C/c1ccsc1)c1cc2ccccc2o1. The third-order valence-electron chi connectivity index (χ3n) is 3.48. The maximum absolute atomic E-state index is 11.9. The van der Waals surface area contributed by atoms with Gasteiger partial charge in [-0.05, 0) is 40.6 Å². The van der Waals surface area contributed by atoms with Crippen LogP contribution in [0.5, 0.6) is 0 Å². The predicted octanol–water partition coefficient (Wildman–Crippen LogP) is 4.01. The van der Waals surface area contributed by atoms with E-state index >= 15 is 0 Å². The lowest BCUT2D eigenvalue weighted by Gasteiger charge is -2.12. The highest BCUT2D eigenvalue weighted by Crippen LogP contribution is 2.25. The average molecular weight is 327 g/mol. The van der Waals surface area contributed by atoms with Gasteiger partial charge in [0.05, 0.1) is 6.54 Å². The molecule has 0 saturated heterocycles. The number of fused-ring (bicyclic) bond motifs is 1. The van der Waals surface area contributed by atoms with Crippen LogP contribution in [-0.4, -0.2) is 19.6 Å².